The smallest absolute Gasteiger partial charge is 0.246 e. The van der Waals surface area contributed by atoms with Crippen molar-refractivity contribution in [1.29, 1.82) is 0 Å². The van der Waals surface area contributed by atoms with E-state index in [-0.39, 0.29) is 17.9 Å². The molecule has 0 aromatic carbocycles. The van der Waals surface area contributed by atoms with E-state index < -0.39 is 0 Å². The molecule has 1 saturated heterocycles. The van der Waals surface area contributed by atoms with Crippen LogP contribution in [0.25, 0.3) is 0 Å². The third-order valence-corrected chi connectivity index (χ3v) is 3.98. The molecule has 1 atom stereocenters. The van der Waals surface area contributed by atoms with E-state index in [1.54, 1.807) is 0 Å². The van der Waals surface area contributed by atoms with Crippen LogP contribution in [0.2, 0.25) is 0 Å². The molecule has 0 bridgehead atoms. The molecule has 1 unspecified atom stereocenters. The summed E-state index contributed by atoms with van der Waals surface area (Å²) in [4.78, 5) is 24.7. The highest BCUT2D eigenvalue weighted by molar-refractivity contribution is 6.05. The summed E-state index contributed by atoms with van der Waals surface area (Å²) >= 11 is 0. The van der Waals surface area contributed by atoms with Gasteiger partial charge in [-0.3, -0.25) is 14.5 Å². The van der Waals surface area contributed by atoms with Crippen molar-refractivity contribution in [3.05, 3.63) is 0 Å². The normalized spacial score (nSPS) is 26.2. The summed E-state index contributed by atoms with van der Waals surface area (Å²) in [5.74, 6) is 0.761. The second-order valence-corrected chi connectivity index (χ2v) is 5.13. The molecule has 4 heteroatoms. The lowest BCUT2D eigenvalue weighted by atomic mass is 10.0. The minimum Gasteiger partial charge on any atom is -0.305 e. The van der Waals surface area contributed by atoms with Crippen molar-refractivity contribution in [2.45, 2.75) is 51.5 Å². The van der Waals surface area contributed by atoms with Crippen molar-refractivity contribution >= 4 is 11.8 Å². The highest BCUT2D eigenvalue weighted by Crippen LogP contribution is 2.27. The highest BCUT2D eigenvalue weighted by atomic mass is 16.2. The van der Waals surface area contributed by atoms with Crippen molar-refractivity contribution in [3.63, 3.8) is 0 Å². The van der Waals surface area contributed by atoms with Gasteiger partial charge in [0.25, 0.3) is 0 Å². The largest absolute Gasteiger partial charge is 0.305 e. The number of hydrogen-bond acceptors (Lipinski definition) is 3. The maximum atomic E-state index is 11.8. The summed E-state index contributed by atoms with van der Waals surface area (Å²) in [6.07, 6.45) is 6.87. The van der Waals surface area contributed by atoms with E-state index in [2.05, 4.69) is 5.32 Å². The number of hydrogen-bond donors (Lipinski definition) is 1. The number of carbonyl (C=O) groups is 2. The lowest BCUT2D eigenvalue weighted by Crippen LogP contribution is -2.39. The molecule has 2 rings (SSSR count). The van der Waals surface area contributed by atoms with Gasteiger partial charge in [0.05, 0.1) is 12.5 Å². The fraction of sp³-hybridized carbons (Fsp3) is 0.846. The van der Waals surface area contributed by atoms with Crippen molar-refractivity contribution in [1.82, 2.24) is 10.2 Å². The predicted octanol–water partition coefficient (Wildman–Crippen LogP) is 1.30. The van der Waals surface area contributed by atoms with E-state index in [1.807, 2.05) is 6.92 Å². The van der Waals surface area contributed by atoms with Gasteiger partial charge in [-0.15, -0.1) is 0 Å². The molecule has 1 aliphatic heterocycles. The lowest BCUT2D eigenvalue weighted by Gasteiger charge is -2.14. The molecular weight excluding hydrogens is 216 g/mol. The Bertz CT molecular complexity index is 298. The first kappa shape index (κ1) is 12.6. The fourth-order valence-electron chi connectivity index (χ4n) is 2.94. The van der Waals surface area contributed by atoms with Crippen LogP contribution in [0.1, 0.15) is 45.4 Å². The number of likely N-dealkylation sites (N-methyl/N-ethyl adjacent to an activating group) is 1. The molecule has 1 heterocycles. The van der Waals surface area contributed by atoms with E-state index in [0.29, 0.717) is 13.0 Å². The average Bonchev–Trinajstić information content (AvgIpc) is 2.89. The molecule has 0 aromatic heterocycles. The number of nitrogens with one attached hydrogen (secondary N) is 1. The first-order valence-electron chi connectivity index (χ1n) is 6.80. The average molecular weight is 238 g/mol. The van der Waals surface area contributed by atoms with Gasteiger partial charge in [-0.25, -0.2) is 0 Å². The molecule has 2 aliphatic rings. The summed E-state index contributed by atoms with van der Waals surface area (Å²) in [6.45, 7) is 3.21. The summed E-state index contributed by atoms with van der Waals surface area (Å²) in [6, 6.07) is -0.260. The SMILES string of the molecule is CCN1C(=O)CC(NCCC2CCCC2)C1=O. The van der Waals surface area contributed by atoms with Gasteiger partial charge >= 0.3 is 0 Å². The Morgan fingerprint density at radius 1 is 1.29 bits per heavy atom. The topological polar surface area (TPSA) is 49.4 Å². The fourth-order valence-corrected chi connectivity index (χ4v) is 2.94. The Labute approximate surface area is 103 Å². The standard InChI is InChI=1S/C13H22N2O2/c1-2-15-12(16)9-11(13(15)17)14-8-7-10-5-3-4-6-10/h10-11,14H,2-9H2,1H3. The van der Waals surface area contributed by atoms with E-state index in [4.69, 9.17) is 0 Å². The molecule has 4 nitrogen and oxygen atoms in total. The van der Waals surface area contributed by atoms with Crippen LogP contribution in [0.4, 0.5) is 0 Å². The Morgan fingerprint density at radius 2 is 2.00 bits per heavy atom. The van der Waals surface area contributed by atoms with Crippen LogP contribution in [0, 0.1) is 5.92 Å². The Morgan fingerprint density at radius 3 is 2.59 bits per heavy atom. The van der Waals surface area contributed by atoms with Crippen molar-refractivity contribution < 1.29 is 9.59 Å². The number of likely N-dealkylation sites (tertiary alicyclic amines) is 1. The first-order valence-corrected chi connectivity index (χ1v) is 6.80. The number of amides is 2. The molecule has 1 aliphatic carbocycles. The van der Waals surface area contributed by atoms with Crippen LogP contribution < -0.4 is 5.32 Å². The van der Waals surface area contributed by atoms with Gasteiger partial charge in [0.1, 0.15) is 0 Å². The maximum Gasteiger partial charge on any atom is 0.246 e. The molecule has 2 amide bonds. The number of imide groups is 1. The Balaban J connectivity index is 1.72. The molecule has 1 saturated carbocycles. The van der Waals surface area contributed by atoms with Gasteiger partial charge < -0.3 is 5.32 Å². The third-order valence-electron chi connectivity index (χ3n) is 3.98. The summed E-state index contributed by atoms with van der Waals surface area (Å²) < 4.78 is 0. The summed E-state index contributed by atoms with van der Waals surface area (Å²) in [5, 5.41) is 3.24. The molecular formula is C13H22N2O2. The van der Waals surface area contributed by atoms with Gasteiger partial charge in [0, 0.05) is 6.54 Å². The number of carbonyl (C=O) groups excluding carboxylic acids is 2. The Hall–Kier alpha value is -0.900. The monoisotopic (exact) mass is 238 g/mol. The third kappa shape index (κ3) is 2.86. The molecule has 0 aromatic rings. The quantitative estimate of drug-likeness (QED) is 0.735. The zero-order valence-electron chi connectivity index (χ0n) is 10.6. The second kappa shape index (κ2) is 5.63. The van der Waals surface area contributed by atoms with E-state index in [9.17, 15) is 9.59 Å². The zero-order chi connectivity index (χ0) is 12.3. The van der Waals surface area contributed by atoms with Gasteiger partial charge in [-0.1, -0.05) is 25.7 Å². The van der Waals surface area contributed by atoms with Crippen LogP contribution in [-0.2, 0) is 9.59 Å². The number of nitrogens with zero attached hydrogens (tertiary/aromatic N) is 1. The minimum absolute atomic E-state index is 0.0316. The molecule has 96 valence electrons. The van der Waals surface area contributed by atoms with Crippen LogP contribution in [-0.4, -0.2) is 35.8 Å². The van der Waals surface area contributed by atoms with Crippen LogP contribution in [0.15, 0.2) is 0 Å². The Kier molecular flexibility index (Phi) is 4.15. The van der Waals surface area contributed by atoms with Gasteiger partial charge in [0.15, 0.2) is 0 Å². The van der Waals surface area contributed by atoms with Crippen LogP contribution in [0.3, 0.4) is 0 Å². The number of rotatable bonds is 5. The first-order chi connectivity index (χ1) is 8.22. The molecule has 0 radical (unpaired) electrons. The summed E-state index contributed by atoms with van der Waals surface area (Å²) in [5.41, 5.74) is 0. The van der Waals surface area contributed by atoms with Gasteiger partial charge in [0.2, 0.25) is 11.8 Å². The van der Waals surface area contributed by atoms with Crippen LogP contribution >= 0.6 is 0 Å². The van der Waals surface area contributed by atoms with Crippen molar-refractivity contribution in [2.75, 3.05) is 13.1 Å². The predicted molar refractivity (Wildman–Crippen MR) is 65.4 cm³/mol. The summed E-state index contributed by atoms with van der Waals surface area (Å²) in [7, 11) is 0. The zero-order valence-corrected chi connectivity index (χ0v) is 10.6. The van der Waals surface area contributed by atoms with Gasteiger partial charge in [-0.05, 0) is 25.8 Å². The molecule has 1 N–H and O–H groups in total. The highest BCUT2D eigenvalue weighted by Gasteiger charge is 2.36. The molecule has 2 fully saturated rings. The maximum absolute atomic E-state index is 11.8. The minimum atomic E-state index is -0.260. The lowest BCUT2D eigenvalue weighted by molar-refractivity contribution is -0.138. The van der Waals surface area contributed by atoms with E-state index in [0.717, 1.165) is 18.9 Å². The van der Waals surface area contributed by atoms with Crippen molar-refractivity contribution in [2.24, 2.45) is 5.92 Å². The van der Waals surface area contributed by atoms with Crippen molar-refractivity contribution in [3.8, 4) is 0 Å². The van der Waals surface area contributed by atoms with Gasteiger partial charge in [-0.2, -0.15) is 0 Å². The van der Waals surface area contributed by atoms with E-state index in [1.165, 1.54) is 30.6 Å². The molecule has 0 spiro atoms. The van der Waals surface area contributed by atoms with E-state index >= 15 is 0 Å². The van der Waals surface area contributed by atoms with Crippen LogP contribution in [0.5, 0.6) is 0 Å². The second-order valence-electron chi connectivity index (χ2n) is 5.13. The molecule has 17 heavy (non-hydrogen) atoms.